The van der Waals surface area contributed by atoms with Crippen molar-refractivity contribution in [2.75, 3.05) is 13.1 Å². The van der Waals surface area contributed by atoms with Gasteiger partial charge in [0.2, 0.25) is 10.0 Å². The third-order valence-electron chi connectivity index (χ3n) is 4.04. The largest absolute Gasteiger partial charge is 0.312 e. The van der Waals surface area contributed by atoms with Crippen LogP contribution in [-0.2, 0) is 15.8 Å². The van der Waals surface area contributed by atoms with E-state index in [2.05, 4.69) is 23.9 Å². The second-order valence-corrected chi connectivity index (χ2v) is 8.00. The lowest BCUT2D eigenvalue weighted by atomic mass is 9.78. The third kappa shape index (κ3) is 4.30. The zero-order valence-corrected chi connectivity index (χ0v) is 13.0. The van der Waals surface area contributed by atoms with Gasteiger partial charge >= 0.3 is 0 Å². The van der Waals surface area contributed by atoms with Crippen LogP contribution in [0, 0.1) is 5.41 Å². The number of hydrogen-bond donors (Lipinski definition) is 2. The average molecular weight is 296 g/mol. The number of sulfonamides is 1. The first-order chi connectivity index (χ1) is 9.39. The lowest BCUT2D eigenvalue weighted by Gasteiger charge is -2.39. The van der Waals surface area contributed by atoms with E-state index in [0.717, 1.165) is 24.9 Å². The van der Waals surface area contributed by atoms with E-state index >= 15 is 0 Å². The fourth-order valence-corrected chi connectivity index (χ4v) is 3.83. The molecule has 0 bridgehead atoms. The van der Waals surface area contributed by atoms with E-state index in [1.54, 1.807) is 0 Å². The van der Waals surface area contributed by atoms with Crippen LogP contribution in [0.15, 0.2) is 30.3 Å². The molecule has 1 unspecified atom stereocenters. The normalized spacial score (nSPS) is 22.6. The third-order valence-corrected chi connectivity index (χ3v) is 5.36. The van der Waals surface area contributed by atoms with E-state index in [1.807, 2.05) is 30.3 Å². The SMILES string of the molecule is CC1(C)CCCNC1CNS(=O)(=O)Cc1ccccc1. The molecule has 1 aromatic rings. The van der Waals surface area contributed by atoms with E-state index in [0.29, 0.717) is 6.54 Å². The molecule has 1 saturated heterocycles. The fraction of sp³-hybridized carbons (Fsp3) is 0.600. The maximum atomic E-state index is 12.1. The summed E-state index contributed by atoms with van der Waals surface area (Å²) in [6.07, 6.45) is 2.28. The topological polar surface area (TPSA) is 58.2 Å². The summed E-state index contributed by atoms with van der Waals surface area (Å²) in [7, 11) is -3.27. The molecule has 1 heterocycles. The molecule has 1 fully saturated rings. The summed E-state index contributed by atoms with van der Waals surface area (Å²) in [5.41, 5.74) is 0.948. The van der Waals surface area contributed by atoms with Gasteiger partial charge in [0, 0.05) is 12.6 Å². The highest BCUT2D eigenvalue weighted by Crippen LogP contribution is 2.29. The first-order valence-electron chi connectivity index (χ1n) is 7.14. The molecule has 0 aromatic heterocycles. The summed E-state index contributed by atoms with van der Waals surface area (Å²) in [6.45, 7) is 5.81. The molecule has 1 atom stereocenters. The van der Waals surface area contributed by atoms with Crippen molar-refractivity contribution < 1.29 is 8.42 Å². The highest BCUT2D eigenvalue weighted by molar-refractivity contribution is 7.88. The maximum Gasteiger partial charge on any atom is 0.215 e. The van der Waals surface area contributed by atoms with Gasteiger partial charge in [-0.2, -0.15) is 0 Å². The van der Waals surface area contributed by atoms with E-state index in [-0.39, 0.29) is 17.2 Å². The van der Waals surface area contributed by atoms with Crippen molar-refractivity contribution in [1.82, 2.24) is 10.0 Å². The van der Waals surface area contributed by atoms with Crippen LogP contribution < -0.4 is 10.0 Å². The monoisotopic (exact) mass is 296 g/mol. The molecule has 1 aliphatic heterocycles. The van der Waals surface area contributed by atoms with Crippen LogP contribution in [0.25, 0.3) is 0 Å². The summed E-state index contributed by atoms with van der Waals surface area (Å²) < 4.78 is 27.0. The molecule has 1 aromatic carbocycles. The van der Waals surface area contributed by atoms with Crippen molar-refractivity contribution in [3.05, 3.63) is 35.9 Å². The Balaban J connectivity index is 1.92. The summed E-state index contributed by atoms with van der Waals surface area (Å²) >= 11 is 0. The van der Waals surface area contributed by atoms with Crippen molar-refractivity contribution in [2.24, 2.45) is 5.41 Å². The number of hydrogen-bond acceptors (Lipinski definition) is 3. The second kappa shape index (κ2) is 6.24. The highest BCUT2D eigenvalue weighted by atomic mass is 32.2. The first kappa shape index (κ1) is 15.5. The molecular weight excluding hydrogens is 272 g/mol. The van der Waals surface area contributed by atoms with Crippen LogP contribution in [0.4, 0.5) is 0 Å². The van der Waals surface area contributed by atoms with Gasteiger partial charge in [-0.3, -0.25) is 0 Å². The van der Waals surface area contributed by atoms with Gasteiger partial charge in [-0.1, -0.05) is 44.2 Å². The highest BCUT2D eigenvalue weighted by Gasteiger charge is 2.32. The zero-order chi connectivity index (χ0) is 14.6. The molecule has 0 aliphatic carbocycles. The first-order valence-corrected chi connectivity index (χ1v) is 8.79. The summed E-state index contributed by atoms with van der Waals surface area (Å²) in [5.74, 6) is 0.0426. The van der Waals surface area contributed by atoms with E-state index < -0.39 is 10.0 Å². The average Bonchev–Trinajstić information content (AvgIpc) is 2.37. The minimum Gasteiger partial charge on any atom is -0.312 e. The Morgan fingerprint density at radius 2 is 2.00 bits per heavy atom. The smallest absolute Gasteiger partial charge is 0.215 e. The predicted octanol–water partition coefficient (Wildman–Crippen LogP) is 1.88. The number of piperidine rings is 1. The van der Waals surface area contributed by atoms with Gasteiger partial charge in [0.1, 0.15) is 0 Å². The standard InChI is InChI=1S/C15H24N2O2S/c1-15(2)9-6-10-16-14(15)11-17-20(18,19)12-13-7-4-3-5-8-13/h3-5,7-8,14,16-17H,6,9-12H2,1-2H3. The Morgan fingerprint density at radius 1 is 1.30 bits per heavy atom. The van der Waals surface area contributed by atoms with Crippen LogP contribution in [0.5, 0.6) is 0 Å². The molecule has 20 heavy (non-hydrogen) atoms. The molecule has 0 spiro atoms. The molecular formula is C15H24N2O2S. The summed E-state index contributed by atoms with van der Waals surface area (Å²) in [6, 6.07) is 9.47. The number of rotatable bonds is 5. The Morgan fingerprint density at radius 3 is 2.65 bits per heavy atom. The summed E-state index contributed by atoms with van der Waals surface area (Å²) in [5, 5.41) is 3.42. The lowest BCUT2D eigenvalue weighted by Crippen LogP contribution is -2.52. The van der Waals surface area contributed by atoms with E-state index in [1.165, 1.54) is 0 Å². The fourth-order valence-electron chi connectivity index (χ4n) is 2.67. The molecule has 0 radical (unpaired) electrons. The molecule has 0 saturated carbocycles. The number of nitrogens with one attached hydrogen (secondary N) is 2. The Bertz CT molecular complexity index is 526. The van der Waals surface area contributed by atoms with Gasteiger partial charge in [0.05, 0.1) is 5.75 Å². The maximum absolute atomic E-state index is 12.1. The van der Waals surface area contributed by atoms with Gasteiger partial charge in [-0.25, -0.2) is 13.1 Å². The Hall–Kier alpha value is -0.910. The molecule has 2 rings (SSSR count). The van der Waals surface area contributed by atoms with Crippen LogP contribution in [-0.4, -0.2) is 27.5 Å². The van der Waals surface area contributed by atoms with Gasteiger partial charge in [-0.15, -0.1) is 0 Å². The van der Waals surface area contributed by atoms with Gasteiger partial charge in [0.25, 0.3) is 0 Å². The zero-order valence-electron chi connectivity index (χ0n) is 12.2. The van der Waals surface area contributed by atoms with Gasteiger partial charge in [-0.05, 0) is 30.4 Å². The minimum absolute atomic E-state index is 0.0426. The van der Waals surface area contributed by atoms with Gasteiger partial charge in [0.15, 0.2) is 0 Å². The molecule has 4 nitrogen and oxygen atoms in total. The van der Waals surface area contributed by atoms with Gasteiger partial charge < -0.3 is 5.32 Å². The Kier molecular flexibility index (Phi) is 4.83. The number of benzene rings is 1. The van der Waals surface area contributed by atoms with Crippen LogP contribution in [0.3, 0.4) is 0 Å². The second-order valence-electron chi connectivity index (χ2n) is 6.19. The van der Waals surface area contributed by atoms with Crippen molar-refractivity contribution in [2.45, 2.75) is 38.5 Å². The lowest BCUT2D eigenvalue weighted by molar-refractivity contribution is 0.181. The molecule has 2 N–H and O–H groups in total. The quantitative estimate of drug-likeness (QED) is 0.872. The van der Waals surface area contributed by atoms with Crippen molar-refractivity contribution >= 4 is 10.0 Å². The van der Waals surface area contributed by atoms with Crippen molar-refractivity contribution in [3.8, 4) is 0 Å². The van der Waals surface area contributed by atoms with Crippen molar-refractivity contribution in [3.63, 3.8) is 0 Å². The van der Waals surface area contributed by atoms with E-state index in [9.17, 15) is 8.42 Å². The Labute approximate surface area is 122 Å². The van der Waals surface area contributed by atoms with E-state index in [4.69, 9.17) is 0 Å². The molecule has 0 amide bonds. The van der Waals surface area contributed by atoms with Crippen LogP contribution in [0.2, 0.25) is 0 Å². The van der Waals surface area contributed by atoms with Crippen LogP contribution in [0.1, 0.15) is 32.3 Å². The minimum atomic E-state index is -3.27. The molecule has 5 heteroatoms. The molecule has 1 aliphatic rings. The predicted molar refractivity (Wildman–Crippen MR) is 81.9 cm³/mol. The summed E-state index contributed by atoms with van der Waals surface area (Å²) in [4.78, 5) is 0. The molecule has 112 valence electrons. The van der Waals surface area contributed by atoms with Crippen LogP contribution >= 0.6 is 0 Å². The van der Waals surface area contributed by atoms with Crippen molar-refractivity contribution in [1.29, 1.82) is 0 Å².